The Bertz CT molecular complexity index is 376. The molecule has 88 valence electrons. The molecular formula is C8H13N5O3. The molecule has 0 atom stereocenters. The fraction of sp³-hybridized carbons (Fsp3) is 0.500. The van der Waals surface area contributed by atoms with Crippen LogP contribution in [0.1, 0.15) is 23.4 Å². The summed E-state index contributed by atoms with van der Waals surface area (Å²) in [6, 6.07) is 0. The van der Waals surface area contributed by atoms with Crippen molar-refractivity contribution < 1.29 is 14.1 Å². The molecule has 1 heterocycles. The van der Waals surface area contributed by atoms with Crippen LogP contribution >= 0.6 is 0 Å². The zero-order valence-corrected chi connectivity index (χ0v) is 8.82. The van der Waals surface area contributed by atoms with E-state index in [-0.39, 0.29) is 24.8 Å². The van der Waals surface area contributed by atoms with Crippen LogP contribution in [0.3, 0.4) is 0 Å². The van der Waals surface area contributed by atoms with E-state index in [0.717, 1.165) is 0 Å². The molecule has 1 aromatic rings. The van der Waals surface area contributed by atoms with Crippen molar-refractivity contribution in [2.45, 2.75) is 13.5 Å². The van der Waals surface area contributed by atoms with Gasteiger partial charge in [0.15, 0.2) is 0 Å². The molecule has 0 aliphatic heterocycles. The Morgan fingerprint density at radius 2 is 2.25 bits per heavy atom. The SMILES string of the molecule is CCNC(=O)c1noc(CNCC(N)=O)n1. The fourth-order valence-electron chi connectivity index (χ4n) is 0.951. The highest BCUT2D eigenvalue weighted by molar-refractivity contribution is 5.90. The van der Waals surface area contributed by atoms with Crippen LogP contribution in [0.2, 0.25) is 0 Å². The lowest BCUT2D eigenvalue weighted by Gasteiger charge is -1.95. The van der Waals surface area contributed by atoms with Crippen LogP contribution in [-0.2, 0) is 11.3 Å². The van der Waals surface area contributed by atoms with E-state index in [4.69, 9.17) is 10.3 Å². The molecule has 16 heavy (non-hydrogen) atoms. The van der Waals surface area contributed by atoms with Crippen molar-refractivity contribution in [1.82, 2.24) is 20.8 Å². The zero-order valence-electron chi connectivity index (χ0n) is 8.82. The molecule has 0 radical (unpaired) electrons. The average Bonchev–Trinajstić information content (AvgIpc) is 2.66. The standard InChI is InChI=1S/C8H13N5O3/c1-2-11-8(15)7-12-6(16-13-7)4-10-3-5(9)14/h10H,2-4H2,1H3,(H2,9,14)(H,11,15). The highest BCUT2D eigenvalue weighted by Gasteiger charge is 2.13. The number of nitrogens with zero attached hydrogens (tertiary/aromatic N) is 2. The molecule has 0 fully saturated rings. The number of aromatic nitrogens is 2. The molecule has 0 bridgehead atoms. The highest BCUT2D eigenvalue weighted by Crippen LogP contribution is 1.96. The lowest BCUT2D eigenvalue weighted by atomic mass is 10.5. The summed E-state index contributed by atoms with van der Waals surface area (Å²) in [5.41, 5.74) is 4.92. The third kappa shape index (κ3) is 3.65. The molecule has 8 nitrogen and oxygen atoms in total. The topological polar surface area (TPSA) is 123 Å². The maximum absolute atomic E-state index is 11.2. The van der Waals surface area contributed by atoms with Crippen LogP contribution in [0.4, 0.5) is 0 Å². The highest BCUT2D eigenvalue weighted by atomic mass is 16.5. The van der Waals surface area contributed by atoms with Crippen molar-refractivity contribution in [1.29, 1.82) is 0 Å². The van der Waals surface area contributed by atoms with Gasteiger partial charge >= 0.3 is 0 Å². The van der Waals surface area contributed by atoms with Gasteiger partial charge in [0.1, 0.15) is 0 Å². The van der Waals surface area contributed by atoms with Crippen molar-refractivity contribution in [3.63, 3.8) is 0 Å². The summed E-state index contributed by atoms with van der Waals surface area (Å²) in [7, 11) is 0. The first-order chi connectivity index (χ1) is 7.63. The number of rotatable bonds is 6. The van der Waals surface area contributed by atoms with E-state index < -0.39 is 11.8 Å². The number of amides is 2. The summed E-state index contributed by atoms with van der Waals surface area (Å²) in [5.74, 6) is -0.684. The normalized spacial score (nSPS) is 10.1. The first-order valence-electron chi connectivity index (χ1n) is 4.73. The van der Waals surface area contributed by atoms with Crippen molar-refractivity contribution in [2.75, 3.05) is 13.1 Å². The zero-order chi connectivity index (χ0) is 12.0. The number of hydrogen-bond acceptors (Lipinski definition) is 6. The predicted molar refractivity (Wildman–Crippen MR) is 53.2 cm³/mol. The Morgan fingerprint density at radius 3 is 2.88 bits per heavy atom. The number of nitrogens with two attached hydrogens (primary N) is 1. The van der Waals surface area contributed by atoms with Crippen molar-refractivity contribution >= 4 is 11.8 Å². The monoisotopic (exact) mass is 227 g/mol. The van der Waals surface area contributed by atoms with Gasteiger partial charge in [-0.2, -0.15) is 4.98 Å². The fourth-order valence-corrected chi connectivity index (χ4v) is 0.951. The van der Waals surface area contributed by atoms with Gasteiger partial charge in [-0.25, -0.2) is 0 Å². The minimum atomic E-state index is -0.483. The summed E-state index contributed by atoms with van der Waals surface area (Å²) in [5, 5.41) is 8.69. The number of carbonyl (C=O) groups excluding carboxylic acids is 2. The van der Waals surface area contributed by atoms with E-state index >= 15 is 0 Å². The molecule has 1 aromatic heterocycles. The maximum Gasteiger partial charge on any atom is 0.292 e. The summed E-state index contributed by atoms with van der Waals surface area (Å²) >= 11 is 0. The van der Waals surface area contributed by atoms with E-state index in [1.165, 1.54) is 0 Å². The average molecular weight is 227 g/mol. The Morgan fingerprint density at radius 1 is 1.50 bits per heavy atom. The van der Waals surface area contributed by atoms with E-state index in [9.17, 15) is 9.59 Å². The second-order valence-electron chi connectivity index (χ2n) is 2.94. The lowest BCUT2D eigenvalue weighted by molar-refractivity contribution is -0.117. The second-order valence-corrected chi connectivity index (χ2v) is 2.94. The Labute approximate surface area is 91.6 Å². The van der Waals surface area contributed by atoms with Gasteiger partial charge in [-0.05, 0) is 6.92 Å². The first-order valence-corrected chi connectivity index (χ1v) is 4.73. The molecular weight excluding hydrogens is 214 g/mol. The minimum absolute atomic E-state index is 0.0128. The van der Waals surface area contributed by atoms with Gasteiger partial charge in [0, 0.05) is 6.54 Å². The van der Waals surface area contributed by atoms with Crippen molar-refractivity contribution in [3.8, 4) is 0 Å². The molecule has 4 N–H and O–H groups in total. The van der Waals surface area contributed by atoms with Crippen LogP contribution in [0, 0.1) is 0 Å². The molecule has 0 aliphatic carbocycles. The largest absolute Gasteiger partial charge is 0.369 e. The van der Waals surface area contributed by atoms with E-state index in [1.807, 2.05) is 0 Å². The molecule has 0 unspecified atom stereocenters. The van der Waals surface area contributed by atoms with Gasteiger partial charge in [-0.3, -0.25) is 14.9 Å². The number of carbonyl (C=O) groups is 2. The van der Waals surface area contributed by atoms with Crippen LogP contribution < -0.4 is 16.4 Å². The predicted octanol–water partition coefficient (Wildman–Crippen LogP) is -1.61. The summed E-state index contributed by atoms with van der Waals surface area (Å²) in [6.07, 6.45) is 0. The van der Waals surface area contributed by atoms with Crippen LogP contribution in [0.25, 0.3) is 0 Å². The molecule has 0 aromatic carbocycles. The summed E-state index contributed by atoms with van der Waals surface area (Å²) < 4.78 is 4.78. The lowest BCUT2D eigenvalue weighted by Crippen LogP contribution is -2.28. The molecule has 0 aliphatic rings. The van der Waals surface area contributed by atoms with Gasteiger partial charge in [0.25, 0.3) is 11.7 Å². The Hall–Kier alpha value is -1.96. The number of hydrogen-bond donors (Lipinski definition) is 3. The van der Waals surface area contributed by atoms with Gasteiger partial charge in [-0.1, -0.05) is 5.16 Å². The first kappa shape index (κ1) is 12.1. The minimum Gasteiger partial charge on any atom is -0.369 e. The van der Waals surface area contributed by atoms with Gasteiger partial charge in [0.2, 0.25) is 11.8 Å². The molecule has 0 spiro atoms. The molecule has 2 amide bonds. The Kier molecular flexibility index (Phi) is 4.40. The third-order valence-corrected chi connectivity index (χ3v) is 1.58. The Balaban J connectivity index is 2.45. The number of primary amides is 1. The van der Waals surface area contributed by atoms with E-state index in [0.29, 0.717) is 6.54 Å². The van der Waals surface area contributed by atoms with E-state index in [1.54, 1.807) is 6.92 Å². The van der Waals surface area contributed by atoms with E-state index in [2.05, 4.69) is 20.8 Å². The quantitative estimate of drug-likeness (QED) is 0.537. The van der Waals surface area contributed by atoms with Gasteiger partial charge in [0.05, 0.1) is 13.1 Å². The third-order valence-electron chi connectivity index (χ3n) is 1.58. The summed E-state index contributed by atoms with van der Waals surface area (Å²) in [6.45, 7) is 2.48. The van der Waals surface area contributed by atoms with Crippen LogP contribution in [0.15, 0.2) is 4.52 Å². The molecule has 0 saturated carbocycles. The second kappa shape index (κ2) is 5.81. The number of nitrogens with one attached hydrogen (secondary N) is 2. The smallest absolute Gasteiger partial charge is 0.292 e. The van der Waals surface area contributed by atoms with Gasteiger partial charge < -0.3 is 15.6 Å². The summed E-state index contributed by atoms with van der Waals surface area (Å²) in [4.78, 5) is 25.5. The van der Waals surface area contributed by atoms with Gasteiger partial charge in [-0.15, -0.1) is 0 Å². The maximum atomic E-state index is 11.2. The van der Waals surface area contributed by atoms with Crippen LogP contribution in [0.5, 0.6) is 0 Å². The molecule has 1 rings (SSSR count). The molecule has 8 heteroatoms. The van der Waals surface area contributed by atoms with Crippen molar-refractivity contribution in [3.05, 3.63) is 11.7 Å². The van der Waals surface area contributed by atoms with Crippen LogP contribution in [-0.4, -0.2) is 35.0 Å². The molecule has 0 saturated heterocycles. The van der Waals surface area contributed by atoms with Crippen molar-refractivity contribution in [2.24, 2.45) is 5.73 Å².